The Labute approximate surface area is 252 Å². The summed E-state index contributed by atoms with van der Waals surface area (Å²) in [5.74, 6) is -0.422. The highest BCUT2D eigenvalue weighted by atomic mass is 35.5. The van der Waals surface area contributed by atoms with E-state index in [9.17, 15) is 18.0 Å². The molecule has 0 bridgehead atoms. The largest absolute Gasteiger partial charge is 0.497 e. The van der Waals surface area contributed by atoms with Gasteiger partial charge in [0.25, 0.3) is 10.0 Å². The van der Waals surface area contributed by atoms with Gasteiger partial charge in [0.1, 0.15) is 18.3 Å². The van der Waals surface area contributed by atoms with E-state index < -0.39 is 34.1 Å². The summed E-state index contributed by atoms with van der Waals surface area (Å²) in [7, 11) is -2.74. The molecule has 11 heteroatoms. The lowest BCUT2D eigenvalue weighted by Gasteiger charge is -2.33. The second-order valence-electron chi connectivity index (χ2n) is 10.7. The SMILES string of the molecule is COc1cccc(CN(C(=O)CN(c2cc(Cl)ccc2Cl)S(=O)(=O)c2ccc(C)cc2)[C@H](C)C(=O)NC(C)(C)C)c1. The van der Waals surface area contributed by atoms with Crippen LogP contribution in [0.15, 0.2) is 71.6 Å². The van der Waals surface area contributed by atoms with Crippen molar-refractivity contribution in [3.8, 4) is 5.75 Å². The molecule has 0 aliphatic carbocycles. The Morgan fingerprint density at radius 3 is 2.27 bits per heavy atom. The fourth-order valence-corrected chi connectivity index (χ4v) is 5.91. The first-order valence-corrected chi connectivity index (χ1v) is 15.1. The molecule has 3 aromatic rings. The molecule has 3 rings (SSSR count). The van der Waals surface area contributed by atoms with E-state index in [2.05, 4.69) is 5.32 Å². The van der Waals surface area contributed by atoms with Crippen molar-refractivity contribution in [2.24, 2.45) is 0 Å². The lowest BCUT2D eigenvalue weighted by Crippen LogP contribution is -2.54. The van der Waals surface area contributed by atoms with Crippen LogP contribution < -0.4 is 14.4 Å². The first kappa shape index (κ1) is 32.2. The van der Waals surface area contributed by atoms with Gasteiger partial charge in [0, 0.05) is 17.1 Å². The van der Waals surface area contributed by atoms with E-state index in [4.69, 9.17) is 27.9 Å². The third-order valence-electron chi connectivity index (χ3n) is 6.22. The monoisotopic (exact) mass is 619 g/mol. The predicted molar refractivity (Wildman–Crippen MR) is 163 cm³/mol. The van der Waals surface area contributed by atoms with Crippen molar-refractivity contribution < 1.29 is 22.7 Å². The Kier molecular flexibility index (Phi) is 10.3. The molecule has 220 valence electrons. The predicted octanol–water partition coefficient (Wildman–Crippen LogP) is 5.84. The maximum atomic E-state index is 14.1. The number of methoxy groups -OCH3 is 1. The highest BCUT2D eigenvalue weighted by Gasteiger charge is 2.34. The van der Waals surface area contributed by atoms with Crippen LogP contribution in [0.1, 0.15) is 38.8 Å². The Balaban J connectivity index is 2.09. The van der Waals surface area contributed by atoms with Crippen molar-refractivity contribution >= 4 is 50.7 Å². The minimum atomic E-state index is -4.27. The molecule has 0 spiro atoms. The second kappa shape index (κ2) is 13.1. The Morgan fingerprint density at radius 1 is 1.00 bits per heavy atom. The number of sulfonamides is 1. The zero-order valence-electron chi connectivity index (χ0n) is 23.9. The molecule has 0 radical (unpaired) electrons. The van der Waals surface area contributed by atoms with E-state index in [1.54, 1.807) is 43.3 Å². The molecule has 1 atom stereocenters. The van der Waals surface area contributed by atoms with Crippen molar-refractivity contribution in [1.29, 1.82) is 0 Å². The molecule has 0 heterocycles. The highest BCUT2D eigenvalue weighted by Crippen LogP contribution is 2.33. The van der Waals surface area contributed by atoms with Crippen LogP contribution in [0.2, 0.25) is 10.0 Å². The Hall–Kier alpha value is -3.27. The second-order valence-corrected chi connectivity index (χ2v) is 13.4. The van der Waals surface area contributed by atoms with Crippen molar-refractivity contribution in [3.63, 3.8) is 0 Å². The van der Waals surface area contributed by atoms with Crippen molar-refractivity contribution in [2.75, 3.05) is 18.0 Å². The van der Waals surface area contributed by atoms with E-state index in [0.717, 1.165) is 9.87 Å². The molecule has 0 unspecified atom stereocenters. The van der Waals surface area contributed by atoms with Gasteiger partial charge in [-0.2, -0.15) is 0 Å². The molecule has 0 aliphatic heterocycles. The molecule has 0 fully saturated rings. The number of ether oxygens (including phenoxy) is 1. The summed E-state index contributed by atoms with van der Waals surface area (Å²) in [6, 6.07) is 16.8. The molecule has 0 aliphatic rings. The minimum absolute atomic E-state index is 0.0233. The number of halogens is 2. The van der Waals surface area contributed by atoms with Crippen LogP contribution in [0.25, 0.3) is 0 Å². The topological polar surface area (TPSA) is 96.0 Å². The third-order valence-corrected chi connectivity index (χ3v) is 8.55. The number of hydrogen-bond acceptors (Lipinski definition) is 5. The van der Waals surface area contributed by atoms with E-state index in [1.165, 1.54) is 42.3 Å². The molecule has 0 saturated carbocycles. The molecule has 0 aromatic heterocycles. The van der Waals surface area contributed by atoms with Crippen LogP contribution in [-0.2, 0) is 26.2 Å². The van der Waals surface area contributed by atoms with Crippen LogP contribution in [-0.4, -0.2) is 50.4 Å². The van der Waals surface area contributed by atoms with Gasteiger partial charge < -0.3 is 15.0 Å². The van der Waals surface area contributed by atoms with Crippen molar-refractivity contribution in [1.82, 2.24) is 10.2 Å². The van der Waals surface area contributed by atoms with E-state index in [1.807, 2.05) is 27.7 Å². The van der Waals surface area contributed by atoms with Gasteiger partial charge >= 0.3 is 0 Å². The zero-order chi connectivity index (χ0) is 30.5. The quantitative estimate of drug-likeness (QED) is 0.308. The van der Waals surface area contributed by atoms with Gasteiger partial charge in [-0.05, 0) is 82.6 Å². The number of amides is 2. The molecular formula is C30H35Cl2N3O5S. The van der Waals surface area contributed by atoms with Gasteiger partial charge in [0.2, 0.25) is 11.8 Å². The lowest BCUT2D eigenvalue weighted by molar-refractivity contribution is -0.140. The van der Waals surface area contributed by atoms with E-state index in [0.29, 0.717) is 11.3 Å². The number of nitrogens with one attached hydrogen (secondary N) is 1. The first-order valence-electron chi connectivity index (χ1n) is 12.9. The summed E-state index contributed by atoms with van der Waals surface area (Å²) >= 11 is 12.7. The van der Waals surface area contributed by atoms with E-state index >= 15 is 0 Å². The smallest absolute Gasteiger partial charge is 0.264 e. The summed E-state index contributed by atoms with van der Waals surface area (Å²) in [5.41, 5.74) is 1.06. The molecular weight excluding hydrogens is 585 g/mol. The number of rotatable bonds is 10. The zero-order valence-corrected chi connectivity index (χ0v) is 26.3. The molecule has 0 saturated heterocycles. The molecule has 1 N–H and O–H groups in total. The van der Waals surface area contributed by atoms with E-state index in [-0.39, 0.29) is 33.1 Å². The Morgan fingerprint density at radius 2 is 1.66 bits per heavy atom. The third kappa shape index (κ3) is 8.38. The van der Waals surface area contributed by atoms with Crippen LogP contribution in [0.3, 0.4) is 0 Å². The van der Waals surface area contributed by atoms with Gasteiger partial charge in [0.15, 0.2) is 0 Å². The van der Waals surface area contributed by atoms with Crippen molar-refractivity contribution in [2.45, 2.75) is 57.6 Å². The maximum Gasteiger partial charge on any atom is 0.264 e. The molecule has 8 nitrogen and oxygen atoms in total. The normalized spacial score (nSPS) is 12.4. The average Bonchev–Trinajstić information content (AvgIpc) is 2.90. The fraction of sp³-hybridized carbons (Fsp3) is 0.333. The number of nitrogens with zero attached hydrogens (tertiary/aromatic N) is 2. The molecule has 41 heavy (non-hydrogen) atoms. The van der Waals surface area contributed by atoms with Gasteiger partial charge in [-0.1, -0.05) is 53.0 Å². The van der Waals surface area contributed by atoms with Crippen LogP contribution in [0, 0.1) is 6.92 Å². The van der Waals surface area contributed by atoms with Gasteiger partial charge in [-0.3, -0.25) is 13.9 Å². The standard InChI is InChI=1S/C30H35Cl2N3O5S/c1-20-10-13-25(14-11-20)41(38,39)35(27-17-23(31)12-15-26(27)32)19-28(36)34(21(2)29(37)33-30(3,4)5)18-22-8-7-9-24(16-22)40-6/h7-17,21H,18-19H2,1-6H3,(H,33,37)/t21-/m1/s1. The number of carbonyl (C=O) groups is 2. The van der Waals surface area contributed by atoms with Crippen LogP contribution in [0.4, 0.5) is 5.69 Å². The number of aryl methyl sites for hydroxylation is 1. The Bertz CT molecular complexity index is 1510. The number of carbonyl (C=O) groups excluding carboxylic acids is 2. The summed E-state index contributed by atoms with van der Waals surface area (Å²) in [5, 5.41) is 3.23. The van der Waals surface area contributed by atoms with Crippen molar-refractivity contribution in [3.05, 3.63) is 87.9 Å². The number of hydrogen-bond donors (Lipinski definition) is 1. The summed E-state index contributed by atoms with van der Waals surface area (Å²) in [6.45, 7) is 8.34. The van der Waals surface area contributed by atoms with Gasteiger partial charge in [-0.15, -0.1) is 0 Å². The lowest BCUT2D eigenvalue weighted by atomic mass is 10.1. The van der Waals surface area contributed by atoms with Crippen LogP contribution >= 0.6 is 23.2 Å². The van der Waals surface area contributed by atoms with Crippen LogP contribution in [0.5, 0.6) is 5.75 Å². The summed E-state index contributed by atoms with van der Waals surface area (Å²) in [4.78, 5) is 28.6. The molecule has 2 amide bonds. The van der Waals surface area contributed by atoms with Gasteiger partial charge in [-0.25, -0.2) is 8.42 Å². The first-order chi connectivity index (χ1) is 19.1. The fourth-order valence-electron chi connectivity index (χ4n) is 4.05. The minimum Gasteiger partial charge on any atom is -0.497 e. The maximum absolute atomic E-state index is 14.1. The number of anilines is 1. The average molecular weight is 621 g/mol. The van der Waals surface area contributed by atoms with Gasteiger partial charge in [0.05, 0.1) is 22.7 Å². The number of benzene rings is 3. The summed E-state index contributed by atoms with van der Waals surface area (Å²) < 4.78 is 34.2. The highest BCUT2D eigenvalue weighted by molar-refractivity contribution is 7.92. The summed E-state index contributed by atoms with van der Waals surface area (Å²) in [6.07, 6.45) is 0. The molecule has 3 aromatic carbocycles.